The maximum atomic E-state index is 8.58. The van der Waals surface area contributed by atoms with E-state index in [9.17, 15) is 0 Å². The van der Waals surface area contributed by atoms with Crippen molar-refractivity contribution in [2.24, 2.45) is 0 Å². The number of hydrogen-bond acceptors (Lipinski definition) is 3. The Morgan fingerprint density at radius 3 is 3.23 bits per heavy atom. The molecule has 1 aliphatic rings. The van der Waals surface area contributed by atoms with Crippen LogP contribution in [0.5, 0.6) is 5.75 Å². The van der Waals surface area contributed by atoms with Crippen molar-refractivity contribution in [3.8, 4) is 11.8 Å². The summed E-state index contributed by atoms with van der Waals surface area (Å²) < 4.78 is 10.5. The first-order valence-corrected chi connectivity index (χ1v) is 4.10. The van der Waals surface area contributed by atoms with E-state index in [1.54, 1.807) is 0 Å². The summed E-state index contributed by atoms with van der Waals surface area (Å²) in [5.74, 6) is 0.829. The van der Waals surface area contributed by atoms with Crippen LogP contribution in [0.1, 0.15) is 11.1 Å². The third-order valence-electron chi connectivity index (χ3n) is 1.99. The molecule has 0 bridgehead atoms. The topological polar surface area (TPSA) is 42.2 Å². The van der Waals surface area contributed by atoms with Crippen LogP contribution in [0.3, 0.4) is 0 Å². The third kappa shape index (κ3) is 1.49. The molecule has 0 saturated heterocycles. The van der Waals surface area contributed by atoms with Gasteiger partial charge in [0.05, 0.1) is 19.1 Å². The molecule has 13 heavy (non-hydrogen) atoms. The Hall–Kier alpha value is -1.53. The second-order valence-electron chi connectivity index (χ2n) is 2.85. The van der Waals surface area contributed by atoms with E-state index < -0.39 is 0 Å². The number of para-hydroxylation sites is 1. The lowest BCUT2D eigenvalue weighted by atomic mass is 10.1. The fourth-order valence-corrected chi connectivity index (χ4v) is 1.41. The molecule has 1 heterocycles. The number of rotatable bonds is 1. The Kier molecular flexibility index (Phi) is 2.15. The molecular weight excluding hydrogens is 166 g/mol. The van der Waals surface area contributed by atoms with Gasteiger partial charge < -0.3 is 9.47 Å². The zero-order valence-corrected chi connectivity index (χ0v) is 7.12. The molecule has 1 aromatic rings. The molecule has 0 amide bonds. The summed E-state index contributed by atoms with van der Waals surface area (Å²) in [6, 6.07) is 7.90. The first kappa shape index (κ1) is 8.09. The molecule has 0 N–H and O–H groups in total. The van der Waals surface area contributed by atoms with Crippen molar-refractivity contribution in [2.75, 3.05) is 6.79 Å². The average Bonchev–Trinajstić information content (AvgIpc) is 2.19. The monoisotopic (exact) mass is 175 g/mol. The van der Waals surface area contributed by atoms with Gasteiger partial charge in [-0.2, -0.15) is 5.26 Å². The zero-order valence-electron chi connectivity index (χ0n) is 7.12. The maximum Gasteiger partial charge on any atom is 0.189 e. The highest BCUT2D eigenvalue weighted by molar-refractivity contribution is 5.43. The van der Waals surface area contributed by atoms with E-state index in [1.807, 2.05) is 18.2 Å². The van der Waals surface area contributed by atoms with Crippen LogP contribution in [-0.2, 0) is 17.8 Å². The van der Waals surface area contributed by atoms with Crippen molar-refractivity contribution in [2.45, 2.75) is 13.0 Å². The summed E-state index contributed by atoms with van der Waals surface area (Å²) in [5.41, 5.74) is 1.97. The van der Waals surface area contributed by atoms with Crippen LogP contribution >= 0.6 is 0 Å². The molecule has 0 unspecified atom stereocenters. The van der Waals surface area contributed by atoms with E-state index in [4.69, 9.17) is 14.7 Å². The lowest BCUT2D eigenvalue weighted by Gasteiger charge is -2.19. The fourth-order valence-electron chi connectivity index (χ4n) is 1.41. The minimum Gasteiger partial charge on any atom is -0.467 e. The Balaban J connectivity index is 2.41. The van der Waals surface area contributed by atoms with Gasteiger partial charge in [0, 0.05) is 11.1 Å². The van der Waals surface area contributed by atoms with Crippen molar-refractivity contribution in [1.29, 1.82) is 5.26 Å². The van der Waals surface area contributed by atoms with Gasteiger partial charge in [0.25, 0.3) is 0 Å². The van der Waals surface area contributed by atoms with Gasteiger partial charge in [-0.1, -0.05) is 18.2 Å². The summed E-state index contributed by atoms with van der Waals surface area (Å²) in [6.07, 6.45) is 0.392. The molecule has 2 rings (SSSR count). The van der Waals surface area contributed by atoms with Crippen LogP contribution in [0.25, 0.3) is 0 Å². The van der Waals surface area contributed by atoms with Gasteiger partial charge in [-0.15, -0.1) is 0 Å². The van der Waals surface area contributed by atoms with Crippen LogP contribution in [-0.4, -0.2) is 6.79 Å². The smallest absolute Gasteiger partial charge is 0.189 e. The van der Waals surface area contributed by atoms with Crippen molar-refractivity contribution in [3.05, 3.63) is 29.3 Å². The summed E-state index contributed by atoms with van der Waals surface area (Å²) in [4.78, 5) is 0. The van der Waals surface area contributed by atoms with Crippen molar-refractivity contribution < 1.29 is 9.47 Å². The predicted molar refractivity (Wildman–Crippen MR) is 46.0 cm³/mol. The first-order valence-electron chi connectivity index (χ1n) is 4.10. The lowest BCUT2D eigenvalue weighted by Crippen LogP contribution is -2.12. The van der Waals surface area contributed by atoms with E-state index in [-0.39, 0.29) is 6.79 Å². The second kappa shape index (κ2) is 3.46. The standard InChI is InChI=1S/C10H9NO2/c11-5-4-8-2-1-3-9-6-12-7-13-10(8)9/h1-3H,4,6-7H2. The van der Waals surface area contributed by atoms with E-state index in [1.165, 1.54) is 0 Å². The van der Waals surface area contributed by atoms with Crippen molar-refractivity contribution >= 4 is 0 Å². The quantitative estimate of drug-likeness (QED) is 0.651. The SMILES string of the molecule is N#CCc1cccc2c1OCOC2. The Labute approximate surface area is 76.5 Å². The Morgan fingerprint density at radius 1 is 1.46 bits per heavy atom. The van der Waals surface area contributed by atoms with Crippen LogP contribution in [0.2, 0.25) is 0 Å². The lowest BCUT2D eigenvalue weighted by molar-refractivity contribution is -0.0169. The highest BCUT2D eigenvalue weighted by atomic mass is 16.7. The molecule has 0 radical (unpaired) electrons. The number of nitriles is 1. The molecule has 0 aliphatic carbocycles. The average molecular weight is 175 g/mol. The summed E-state index contributed by atoms with van der Waals surface area (Å²) in [5, 5.41) is 8.58. The molecule has 0 spiro atoms. The molecule has 1 aliphatic heterocycles. The van der Waals surface area contributed by atoms with Gasteiger partial charge in [-0.3, -0.25) is 0 Å². The highest BCUT2D eigenvalue weighted by Crippen LogP contribution is 2.27. The predicted octanol–water partition coefficient (Wildman–Crippen LogP) is 1.62. The maximum absolute atomic E-state index is 8.58. The molecule has 3 heteroatoms. The molecule has 3 nitrogen and oxygen atoms in total. The summed E-state index contributed by atoms with van der Waals surface area (Å²) in [6.45, 7) is 0.865. The molecule has 66 valence electrons. The van der Waals surface area contributed by atoms with E-state index >= 15 is 0 Å². The Morgan fingerprint density at radius 2 is 2.38 bits per heavy atom. The van der Waals surface area contributed by atoms with Gasteiger partial charge in [0.2, 0.25) is 0 Å². The summed E-state index contributed by atoms with van der Waals surface area (Å²) in [7, 11) is 0. The molecule has 0 fully saturated rings. The van der Waals surface area contributed by atoms with E-state index in [2.05, 4.69) is 6.07 Å². The molecule has 0 atom stereocenters. The third-order valence-corrected chi connectivity index (χ3v) is 1.99. The minimum atomic E-state index is 0.287. The van der Waals surface area contributed by atoms with Crippen LogP contribution in [0.4, 0.5) is 0 Å². The van der Waals surface area contributed by atoms with Gasteiger partial charge in [0.1, 0.15) is 5.75 Å². The van der Waals surface area contributed by atoms with Crippen molar-refractivity contribution in [1.82, 2.24) is 0 Å². The van der Waals surface area contributed by atoms with E-state index in [0.717, 1.165) is 16.9 Å². The van der Waals surface area contributed by atoms with Crippen molar-refractivity contribution in [3.63, 3.8) is 0 Å². The Bertz CT molecular complexity index is 354. The van der Waals surface area contributed by atoms with Crippen LogP contribution in [0, 0.1) is 11.3 Å². The molecule has 1 aromatic carbocycles. The van der Waals surface area contributed by atoms with Gasteiger partial charge in [-0.05, 0) is 0 Å². The summed E-state index contributed by atoms with van der Waals surface area (Å²) >= 11 is 0. The number of nitrogens with zero attached hydrogens (tertiary/aromatic N) is 1. The second-order valence-corrected chi connectivity index (χ2v) is 2.85. The number of fused-ring (bicyclic) bond motifs is 1. The number of hydrogen-bond donors (Lipinski definition) is 0. The van der Waals surface area contributed by atoms with Gasteiger partial charge in [0.15, 0.2) is 6.79 Å². The highest BCUT2D eigenvalue weighted by Gasteiger charge is 2.13. The van der Waals surface area contributed by atoms with Gasteiger partial charge >= 0.3 is 0 Å². The van der Waals surface area contributed by atoms with E-state index in [0.29, 0.717) is 13.0 Å². The largest absolute Gasteiger partial charge is 0.467 e. The number of ether oxygens (including phenoxy) is 2. The normalized spacial score (nSPS) is 14.1. The molecule has 0 saturated carbocycles. The first-order chi connectivity index (χ1) is 6.42. The van der Waals surface area contributed by atoms with Crippen LogP contribution in [0.15, 0.2) is 18.2 Å². The minimum absolute atomic E-state index is 0.287. The van der Waals surface area contributed by atoms with Crippen LogP contribution < -0.4 is 4.74 Å². The van der Waals surface area contributed by atoms with Gasteiger partial charge in [-0.25, -0.2) is 0 Å². The molecular formula is C10H9NO2. The number of benzene rings is 1. The zero-order chi connectivity index (χ0) is 9.10. The fraction of sp³-hybridized carbons (Fsp3) is 0.300. The molecule has 0 aromatic heterocycles.